The fourth-order valence-electron chi connectivity index (χ4n) is 2.36. The Bertz CT molecular complexity index is 439. The molecule has 4 nitrogen and oxygen atoms in total. The first-order valence-electron chi connectivity index (χ1n) is 6.58. The van der Waals surface area contributed by atoms with Crippen LogP contribution in [0.2, 0.25) is 0 Å². The molecule has 1 aromatic carbocycles. The molecule has 5 heteroatoms. The van der Waals surface area contributed by atoms with Crippen molar-refractivity contribution in [2.45, 2.75) is 25.3 Å². The zero-order chi connectivity index (χ0) is 13.7. The molecular formula is C14H19BrN2O2. The quantitative estimate of drug-likeness (QED) is 0.922. The summed E-state index contributed by atoms with van der Waals surface area (Å²) in [7, 11) is 0. The minimum Gasteiger partial charge on any atom is -0.484 e. The molecule has 2 N–H and O–H groups in total. The minimum absolute atomic E-state index is 0.0233. The standard InChI is InChI=1S/C14H19BrN2O2/c15-11-4-3-6-13(8-11)19-10-14(18)17-7-2-1-5-12(17)9-16/h3-4,6,8,12H,1-2,5,7,9-10,16H2. The van der Waals surface area contributed by atoms with Crippen LogP contribution >= 0.6 is 15.9 Å². The lowest BCUT2D eigenvalue weighted by atomic mass is 10.0. The summed E-state index contributed by atoms with van der Waals surface area (Å²) in [5, 5.41) is 0. The van der Waals surface area contributed by atoms with Gasteiger partial charge in [-0.1, -0.05) is 22.0 Å². The van der Waals surface area contributed by atoms with Crippen LogP contribution in [0.15, 0.2) is 28.7 Å². The highest BCUT2D eigenvalue weighted by atomic mass is 79.9. The number of nitrogens with zero attached hydrogens (tertiary/aromatic N) is 1. The van der Waals surface area contributed by atoms with Gasteiger partial charge in [0.15, 0.2) is 6.61 Å². The van der Waals surface area contributed by atoms with E-state index in [0.717, 1.165) is 30.3 Å². The fourth-order valence-corrected chi connectivity index (χ4v) is 2.74. The predicted octanol–water partition coefficient (Wildman–Crippen LogP) is 2.17. The van der Waals surface area contributed by atoms with Crippen molar-refractivity contribution in [3.8, 4) is 5.75 Å². The summed E-state index contributed by atoms with van der Waals surface area (Å²) in [6.45, 7) is 1.40. The summed E-state index contributed by atoms with van der Waals surface area (Å²) in [6.07, 6.45) is 3.20. The summed E-state index contributed by atoms with van der Waals surface area (Å²) in [5.74, 6) is 0.721. The maximum absolute atomic E-state index is 12.2. The Morgan fingerprint density at radius 2 is 2.32 bits per heavy atom. The summed E-state index contributed by atoms with van der Waals surface area (Å²) in [5.41, 5.74) is 5.72. The summed E-state index contributed by atoms with van der Waals surface area (Å²) in [6, 6.07) is 7.67. The molecule has 1 unspecified atom stereocenters. The van der Waals surface area contributed by atoms with E-state index >= 15 is 0 Å². The highest BCUT2D eigenvalue weighted by Crippen LogP contribution is 2.19. The lowest BCUT2D eigenvalue weighted by Crippen LogP contribution is -2.49. The monoisotopic (exact) mass is 326 g/mol. The van der Waals surface area contributed by atoms with E-state index in [4.69, 9.17) is 10.5 Å². The second-order valence-corrected chi connectivity index (χ2v) is 5.63. The molecule has 1 atom stereocenters. The predicted molar refractivity (Wildman–Crippen MR) is 78.0 cm³/mol. The molecule has 1 heterocycles. The number of benzene rings is 1. The fraction of sp³-hybridized carbons (Fsp3) is 0.500. The van der Waals surface area contributed by atoms with Gasteiger partial charge in [-0.2, -0.15) is 0 Å². The van der Waals surface area contributed by atoms with Crippen LogP contribution in [-0.4, -0.2) is 36.5 Å². The molecule has 0 aliphatic carbocycles. The van der Waals surface area contributed by atoms with Gasteiger partial charge in [-0.3, -0.25) is 4.79 Å². The Labute approximate surface area is 122 Å². The molecule has 1 fully saturated rings. The third-order valence-electron chi connectivity index (χ3n) is 3.38. The van der Waals surface area contributed by atoms with Crippen LogP contribution in [-0.2, 0) is 4.79 Å². The lowest BCUT2D eigenvalue weighted by Gasteiger charge is -2.34. The van der Waals surface area contributed by atoms with Crippen LogP contribution in [0, 0.1) is 0 Å². The first kappa shape index (κ1) is 14.3. The van der Waals surface area contributed by atoms with Crippen molar-refractivity contribution in [2.24, 2.45) is 5.73 Å². The molecule has 2 rings (SSSR count). The number of likely N-dealkylation sites (tertiary alicyclic amines) is 1. The highest BCUT2D eigenvalue weighted by molar-refractivity contribution is 9.10. The van der Waals surface area contributed by atoms with Gasteiger partial charge in [0.1, 0.15) is 5.75 Å². The molecule has 104 valence electrons. The molecule has 0 spiro atoms. The van der Waals surface area contributed by atoms with E-state index < -0.39 is 0 Å². The SMILES string of the molecule is NCC1CCCCN1C(=O)COc1cccc(Br)c1. The smallest absolute Gasteiger partial charge is 0.260 e. The number of nitrogens with two attached hydrogens (primary N) is 1. The Morgan fingerprint density at radius 1 is 1.47 bits per heavy atom. The molecule has 1 aliphatic heterocycles. The second-order valence-electron chi connectivity index (χ2n) is 4.72. The van der Waals surface area contributed by atoms with Gasteiger partial charge >= 0.3 is 0 Å². The van der Waals surface area contributed by atoms with Gasteiger partial charge in [0.05, 0.1) is 0 Å². The van der Waals surface area contributed by atoms with Crippen LogP contribution in [0.4, 0.5) is 0 Å². The normalized spacial score (nSPS) is 19.3. The Hall–Kier alpha value is -1.07. The maximum Gasteiger partial charge on any atom is 0.260 e. The van der Waals surface area contributed by atoms with Crippen molar-refractivity contribution in [3.63, 3.8) is 0 Å². The average molecular weight is 327 g/mol. The third-order valence-corrected chi connectivity index (χ3v) is 3.87. The van der Waals surface area contributed by atoms with E-state index in [2.05, 4.69) is 15.9 Å². The molecule has 1 saturated heterocycles. The van der Waals surface area contributed by atoms with Gasteiger partial charge in [0.25, 0.3) is 5.91 Å². The third kappa shape index (κ3) is 3.94. The number of rotatable bonds is 4. The van der Waals surface area contributed by atoms with E-state index in [1.54, 1.807) is 0 Å². The molecule has 19 heavy (non-hydrogen) atoms. The number of carbonyl (C=O) groups is 1. The van der Waals surface area contributed by atoms with Crippen LogP contribution in [0.1, 0.15) is 19.3 Å². The highest BCUT2D eigenvalue weighted by Gasteiger charge is 2.25. The molecule has 0 aromatic heterocycles. The minimum atomic E-state index is 0.0233. The molecule has 0 bridgehead atoms. The van der Waals surface area contributed by atoms with Crippen molar-refractivity contribution in [2.75, 3.05) is 19.7 Å². The van der Waals surface area contributed by atoms with Gasteiger partial charge in [0.2, 0.25) is 0 Å². The van der Waals surface area contributed by atoms with Crippen LogP contribution < -0.4 is 10.5 Å². The van der Waals surface area contributed by atoms with E-state index in [-0.39, 0.29) is 18.6 Å². The number of ether oxygens (including phenoxy) is 1. The number of piperidine rings is 1. The molecule has 1 aromatic rings. The van der Waals surface area contributed by atoms with Gasteiger partial charge in [-0.05, 0) is 37.5 Å². The van der Waals surface area contributed by atoms with E-state index in [9.17, 15) is 4.79 Å². The zero-order valence-electron chi connectivity index (χ0n) is 10.8. The Morgan fingerprint density at radius 3 is 3.05 bits per heavy atom. The topological polar surface area (TPSA) is 55.6 Å². The van der Waals surface area contributed by atoms with Crippen LogP contribution in [0.3, 0.4) is 0 Å². The maximum atomic E-state index is 12.2. The van der Waals surface area contributed by atoms with Crippen LogP contribution in [0.25, 0.3) is 0 Å². The van der Waals surface area contributed by atoms with E-state index in [0.29, 0.717) is 12.3 Å². The van der Waals surface area contributed by atoms with E-state index in [1.165, 1.54) is 0 Å². The first-order valence-corrected chi connectivity index (χ1v) is 7.38. The summed E-state index contributed by atoms with van der Waals surface area (Å²) < 4.78 is 6.47. The summed E-state index contributed by atoms with van der Waals surface area (Å²) in [4.78, 5) is 14.0. The zero-order valence-corrected chi connectivity index (χ0v) is 12.4. The van der Waals surface area contributed by atoms with Crippen molar-refractivity contribution in [1.82, 2.24) is 4.90 Å². The Balaban J connectivity index is 1.89. The number of halogens is 1. The first-order chi connectivity index (χ1) is 9.20. The lowest BCUT2D eigenvalue weighted by molar-refractivity contribution is -0.136. The molecule has 0 saturated carbocycles. The van der Waals surface area contributed by atoms with Crippen molar-refractivity contribution in [1.29, 1.82) is 0 Å². The molecule has 0 radical (unpaired) electrons. The molecule has 1 aliphatic rings. The number of hydrogen-bond acceptors (Lipinski definition) is 3. The van der Waals surface area contributed by atoms with Gasteiger partial charge < -0.3 is 15.4 Å². The van der Waals surface area contributed by atoms with Crippen molar-refractivity contribution in [3.05, 3.63) is 28.7 Å². The Kier molecular flexibility index (Phi) is 5.22. The van der Waals surface area contributed by atoms with Crippen molar-refractivity contribution >= 4 is 21.8 Å². The van der Waals surface area contributed by atoms with Crippen LogP contribution in [0.5, 0.6) is 5.75 Å². The van der Waals surface area contributed by atoms with Gasteiger partial charge in [0, 0.05) is 23.6 Å². The summed E-state index contributed by atoms with van der Waals surface area (Å²) >= 11 is 3.37. The average Bonchev–Trinajstić information content (AvgIpc) is 2.45. The van der Waals surface area contributed by atoms with Gasteiger partial charge in [-0.25, -0.2) is 0 Å². The van der Waals surface area contributed by atoms with Crippen molar-refractivity contribution < 1.29 is 9.53 Å². The largest absolute Gasteiger partial charge is 0.484 e. The number of amides is 1. The number of carbonyl (C=O) groups excluding carboxylic acids is 1. The number of hydrogen-bond donors (Lipinski definition) is 1. The molecule has 1 amide bonds. The van der Waals surface area contributed by atoms with Gasteiger partial charge in [-0.15, -0.1) is 0 Å². The van der Waals surface area contributed by atoms with E-state index in [1.807, 2.05) is 29.2 Å². The molecular weight excluding hydrogens is 308 g/mol. The second kappa shape index (κ2) is 6.91.